The highest BCUT2D eigenvalue weighted by atomic mass is 16.6. The summed E-state index contributed by atoms with van der Waals surface area (Å²) in [6.07, 6.45) is 4.27. The van der Waals surface area contributed by atoms with Gasteiger partial charge in [-0.2, -0.15) is 0 Å². The van der Waals surface area contributed by atoms with Crippen molar-refractivity contribution < 1.29 is 9.72 Å². The molecule has 0 radical (unpaired) electrons. The zero-order valence-electron chi connectivity index (χ0n) is 15.3. The van der Waals surface area contributed by atoms with Gasteiger partial charge in [-0.3, -0.25) is 25.8 Å². The van der Waals surface area contributed by atoms with Gasteiger partial charge in [-0.15, -0.1) is 0 Å². The Labute approximate surface area is 156 Å². The molecule has 1 aliphatic rings. The predicted molar refractivity (Wildman–Crippen MR) is 102 cm³/mol. The molecule has 142 valence electrons. The third-order valence-electron chi connectivity index (χ3n) is 4.74. The first-order valence-electron chi connectivity index (χ1n) is 8.87. The summed E-state index contributed by atoms with van der Waals surface area (Å²) >= 11 is 0. The molecule has 1 aromatic carbocycles. The second kappa shape index (κ2) is 7.98. The van der Waals surface area contributed by atoms with Crippen LogP contribution in [0, 0.1) is 17.0 Å². The van der Waals surface area contributed by atoms with Gasteiger partial charge in [0.15, 0.2) is 0 Å². The molecule has 1 aromatic heterocycles. The number of carbonyl (C=O) groups is 1. The minimum atomic E-state index is -0.515. The van der Waals surface area contributed by atoms with Crippen LogP contribution in [0.4, 0.5) is 17.3 Å². The van der Waals surface area contributed by atoms with Crippen LogP contribution < -0.4 is 15.8 Å². The number of hydrazine groups is 1. The molecule has 3 rings (SSSR count). The number of nitrogens with one attached hydrogen (secondary N) is 2. The summed E-state index contributed by atoms with van der Waals surface area (Å²) in [5.74, 6) is -0.159. The summed E-state index contributed by atoms with van der Waals surface area (Å²) in [5.41, 5.74) is 6.13. The molecule has 0 saturated carbocycles. The quantitative estimate of drug-likeness (QED) is 0.614. The molecule has 1 atom stereocenters. The topological polar surface area (TPSA) is 113 Å². The van der Waals surface area contributed by atoms with Gasteiger partial charge in [-0.1, -0.05) is 18.2 Å². The van der Waals surface area contributed by atoms with E-state index in [1.807, 2.05) is 30.9 Å². The van der Waals surface area contributed by atoms with E-state index < -0.39 is 10.8 Å². The summed E-state index contributed by atoms with van der Waals surface area (Å²) in [6, 6.07) is 7.24. The molecule has 1 amide bonds. The van der Waals surface area contributed by atoms with Crippen molar-refractivity contribution in [2.24, 2.45) is 0 Å². The number of amides is 1. The second-order valence-corrected chi connectivity index (χ2v) is 6.58. The highest BCUT2D eigenvalue weighted by Crippen LogP contribution is 2.34. The van der Waals surface area contributed by atoms with Crippen molar-refractivity contribution >= 4 is 23.2 Å². The molecule has 27 heavy (non-hydrogen) atoms. The smallest absolute Gasteiger partial charge is 0.348 e. The number of anilines is 2. The largest absolute Gasteiger partial charge is 0.355 e. The van der Waals surface area contributed by atoms with Crippen molar-refractivity contribution in [3.8, 4) is 0 Å². The van der Waals surface area contributed by atoms with Crippen LogP contribution in [0.3, 0.4) is 0 Å². The lowest BCUT2D eigenvalue weighted by molar-refractivity contribution is -0.383. The maximum Gasteiger partial charge on any atom is 0.355 e. The summed E-state index contributed by atoms with van der Waals surface area (Å²) in [6.45, 7) is 4.55. The van der Waals surface area contributed by atoms with Crippen LogP contribution in [-0.2, 0) is 0 Å². The van der Waals surface area contributed by atoms with Crippen LogP contribution in [0.25, 0.3) is 0 Å². The fourth-order valence-electron chi connectivity index (χ4n) is 3.26. The van der Waals surface area contributed by atoms with E-state index in [4.69, 9.17) is 0 Å². The van der Waals surface area contributed by atoms with Gasteiger partial charge in [0.2, 0.25) is 11.6 Å². The van der Waals surface area contributed by atoms with Gasteiger partial charge in [0.05, 0.1) is 4.92 Å². The molecule has 2 heterocycles. The van der Waals surface area contributed by atoms with E-state index in [0.29, 0.717) is 12.1 Å². The molecule has 9 nitrogen and oxygen atoms in total. The third-order valence-corrected chi connectivity index (χ3v) is 4.74. The normalized spacial score (nSPS) is 16.7. The van der Waals surface area contributed by atoms with Crippen LogP contribution in [0.1, 0.15) is 42.1 Å². The molecular formula is C18H22N6O3. The Hall–Kier alpha value is -3.23. The highest BCUT2D eigenvalue weighted by molar-refractivity contribution is 5.96. The van der Waals surface area contributed by atoms with Gasteiger partial charge in [-0.25, -0.2) is 9.97 Å². The van der Waals surface area contributed by atoms with Gasteiger partial charge in [-0.05, 0) is 44.7 Å². The van der Waals surface area contributed by atoms with E-state index in [1.54, 1.807) is 12.1 Å². The molecule has 1 fully saturated rings. The Bertz CT molecular complexity index is 857. The van der Waals surface area contributed by atoms with Crippen molar-refractivity contribution in [3.63, 3.8) is 0 Å². The Balaban J connectivity index is 1.85. The van der Waals surface area contributed by atoms with Gasteiger partial charge in [0, 0.05) is 18.2 Å². The number of piperidine rings is 1. The Morgan fingerprint density at radius 3 is 2.78 bits per heavy atom. The molecule has 0 spiro atoms. The van der Waals surface area contributed by atoms with Crippen LogP contribution in [0.2, 0.25) is 0 Å². The maximum absolute atomic E-state index is 12.4. The van der Waals surface area contributed by atoms with Crippen LogP contribution >= 0.6 is 0 Å². The third kappa shape index (κ3) is 3.97. The molecule has 1 aliphatic heterocycles. The molecular weight excluding hydrogens is 348 g/mol. The molecule has 2 aromatic rings. The summed E-state index contributed by atoms with van der Waals surface area (Å²) in [7, 11) is 0. The standard InChI is InChI=1S/C18H22N6O3/c1-12-7-3-4-9-14(12)18(25)22-21-16-15(24(26)27)17(20-11-19-16)23-10-6-5-8-13(23)2/h3-4,7,9,11,13H,5-6,8,10H2,1-2H3,(H,22,25)(H,19,20,21). The molecule has 1 saturated heterocycles. The number of nitro groups is 1. The Morgan fingerprint density at radius 2 is 2.07 bits per heavy atom. The number of aromatic nitrogens is 2. The van der Waals surface area contributed by atoms with Crippen molar-refractivity contribution in [1.29, 1.82) is 0 Å². The average Bonchev–Trinajstić information content (AvgIpc) is 2.66. The molecule has 1 unspecified atom stereocenters. The lowest BCUT2D eigenvalue weighted by Crippen LogP contribution is -2.38. The summed E-state index contributed by atoms with van der Waals surface area (Å²) < 4.78 is 0. The number of hydrogen-bond acceptors (Lipinski definition) is 7. The van der Waals surface area contributed by atoms with E-state index in [9.17, 15) is 14.9 Å². The fourth-order valence-corrected chi connectivity index (χ4v) is 3.26. The lowest BCUT2D eigenvalue weighted by atomic mass is 10.0. The lowest BCUT2D eigenvalue weighted by Gasteiger charge is -2.33. The minimum Gasteiger partial charge on any atom is -0.348 e. The molecule has 0 bridgehead atoms. The monoisotopic (exact) mass is 370 g/mol. The van der Waals surface area contributed by atoms with E-state index in [-0.39, 0.29) is 23.4 Å². The number of benzene rings is 1. The number of nitrogens with zero attached hydrogens (tertiary/aromatic N) is 4. The number of rotatable bonds is 5. The first-order chi connectivity index (χ1) is 13.0. The zero-order valence-corrected chi connectivity index (χ0v) is 15.3. The number of hydrogen-bond donors (Lipinski definition) is 2. The molecule has 9 heteroatoms. The van der Waals surface area contributed by atoms with Crippen LogP contribution in [-0.4, -0.2) is 33.4 Å². The summed E-state index contributed by atoms with van der Waals surface area (Å²) in [4.78, 5) is 33.6. The van der Waals surface area contributed by atoms with Crippen molar-refractivity contribution in [1.82, 2.24) is 15.4 Å². The highest BCUT2D eigenvalue weighted by Gasteiger charge is 2.31. The Morgan fingerprint density at radius 1 is 1.30 bits per heavy atom. The molecule has 0 aliphatic carbocycles. The maximum atomic E-state index is 12.4. The minimum absolute atomic E-state index is 0.0373. The van der Waals surface area contributed by atoms with Gasteiger partial charge >= 0.3 is 5.69 Å². The first-order valence-corrected chi connectivity index (χ1v) is 8.87. The van der Waals surface area contributed by atoms with Crippen molar-refractivity contribution in [2.45, 2.75) is 39.2 Å². The average molecular weight is 370 g/mol. The van der Waals surface area contributed by atoms with E-state index >= 15 is 0 Å². The Kier molecular flexibility index (Phi) is 5.49. The van der Waals surface area contributed by atoms with E-state index in [0.717, 1.165) is 24.8 Å². The molecule has 2 N–H and O–H groups in total. The SMILES string of the molecule is Cc1ccccc1C(=O)NNc1ncnc(N2CCCCC2C)c1[N+](=O)[O-]. The predicted octanol–water partition coefficient (Wildman–Crippen LogP) is 2.83. The zero-order chi connectivity index (χ0) is 19.4. The van der Waals surface area contributed by atoms with Crippen molar-refractivity contribution in [3.05, 3.63) is 51.8 Å². The fraction of sp³-hybridized carbons (Fsp3) is 0.389. The van der Waals surface area contributed by atoms with Gasteiger partial charge in [0.1, 0.15) is 6.33 Å². The van der Waals surface area contributed by atoms with E-state index in [2.05, 4.69) is 20.8 Å². The van der Waals surface area contributed by atoms with Gasteiger partial charge < -0.3 is 4.90 Å². The van der Waals surface area contributed by atoms with E-state index in [1.165, 1.54) is 6.33 Å². The number of aryl methyl sites for hydroxylation is 1. The second-order valence-electron chi connectivity index (χ2n) is 6.58. The van der Waals surface area contributed by atoms with Gasteiger partial charge in [0.25, 0.3) is 5.91 Å². The van der Waals surface area contributed by atoms with Crippen LogP contribution in [0.15, 0.2) is 30.6 Å². The van der Waals surface area contributed by atoms with Crippen LogP contribution in [0.5, 0.6) is 0 Å². The first kappa shape index (κ1) is 18.6. The van der Waals surface area contributed by atoms with Crippen molar-refractivity contribution in [2.75, 3.05) is 16.9 Å². The summed E-state index contributed by atoms with van der Waals surface area (Å²) in [5, 5.41) is 11.7. The number of carbonyl (C=O) groups excluding carboxylic acids is 1.